The Kier molecular flexibility index (Phi) is 4.50. The zero-order chi connectivity index (χ0) is 12.1. The average Bonchev–Trinajstić information content (AvgIpc) is 2.35. The first-order chi connectivity index (χ1) is 7.67. The van der Waals surface area contributed by atoms with Crippen molar-refractivity contribution < 1.29 is 4.74 Å². The van der Waals surface area contributed by atoms with E-state index in [0.29, 0.717) is 22.3 Å². The molecule has 0 N–H and O–H groups in total. The maximum absolute atomic E-state index is 6.05. The minimum Gasteiger partial charge on any atom is -0.481 e. The molecular weight excluding hydrogens is 224 g/mol. The van der Waals surface area contributed by atoms with Crippen molar-refractivity contribution in [2.75, 3.05) is 7.11 Å². The molecule has 0 atom stereocenters. The third-order valence-electron chi connectivity index (χ3n) is 2.27. The van der Waals surface area contributed by atoms with Gasteiger partial charge in [0.25, 0.3) is 0 Å². The van der Waals surface area contributed by atoms with Crippen LogP contribution in [0, 0.1) is 0 Å². The first kappa shape index (κ1) is 12.7. The molecule has 0 unspecified atom stereocenters. The zero-order valence-electron chi connectivity index (χ0n) is 9.75. The van der Waals surface area contributed by atoms with E-state index in [-0.39, 0.29) is 0 Å². The Bertz CT molecular complexity index is 427. The number of aryl methyl sites for hydroxylation is 1. The second-order valence-corrected chi connectivity index (χ2v) is 3.58. The van der Waals surface area contributed by atoms with E-state index in [2.05, 4.69) is 16.7 Å². The lowest BCUT2D eigenvalue weighted by molar-refractivity contribution is 0.393. The topological polar surface area (TPSA) is 34.5 Å². The summed E-state index contributed by atoms with van der Waals surface area (Å²) in [5, 5.41) is 0.545. The van der Waals surface area contributed by atoms with Gasteiger partial charge in [-0.1, -0.05) is 24.6 Å². The maximum atomic E-state index is 6.05. The Hall–Kier alpha value is -1.35. The van der Waals surface area contributed by atoms with Gasteiger partial charge in [0.05, 0.1) is 17.8 Å². The molecule has 4 heteroatoms. The average molecular weight is 239 g/mol. The van der Waals surface area contributed by atoms with Gasteiger partial charge in [0.1, 0.15) is 5.69 Å². The molecule has 1 rings (SSSR count). The van der Waals surface area contributed by atoms with Crippen molar-refractivity contribution in [3.63, 3.8) is 0 Å². The molecule has 0 saturated carbocycles. The van der Waals surface area contributed by atoms with Crippen molar-refractivity contribution in [1.82, 2.24) is 4.98 Å². The molecule has 1 aromatic heterocycles. The minimum absolute atomic E-state index is 0.545. The van der Waals surface area contributed by atoms with Crippen LogP contribution in [0.5, 0.6) is 5.88 Å². The Morgan fingerprint density at radius 2 is 2.38 bits per heavy atom. The van der Waals surface area contributed by atoms with E-state index in [0.717, 1.165) is 12.0 Å². The van der Waals surface area contributed by atoms with E-state index < -0.39 is 0 Å². The first-order valence-electron chi connectivity index (χ1n) is 5.04. The van der Waals surface area contributed by atoms with E-state index in [1.54, 1.807) is 13.2 Å². The largest absolute Gasteiger partial charge is 0.481 e. The smallest absolute Gasteiger partial charge is 0.216 e. The summed E-state index contributed by atoms with van der Waals surface area (Å²) in [5.41, 5.74) is 2.28. The minimum atomic E-state index is 0.545. The number of methoxy groups -OCH3 is 1. The number of pyridine rings is 1. The van der Waals surface area contributed by atoms with Gasteiger partial charge in [0, 0.05) is 5.56 Å². The Balaban J connectivity index is 3.43. The summed E-state index contributed by atoms with van der Waals surface area (Å²) in [6, 6.07) is 1.90. The van der Waals surface area contributed by atoms with Crippen LogP contribution in [0.3, 0.4) is 0 Å². The van der Waals surface area contributed by atoms with Crippen molar-refractivity contribution in [1.29, 1.82) is 0 Å². The van der Waals surface area contributed by atoms with Crippen LogP contribution in [0.4, 0.5) is 5.69 Å². The fourth-order valence-corrected chi connectivity index (χ4v) is 1.53. The van der Waals surface area contributed by atoms with Crippen molar-refractivity contribution in [2.45, 2.75) is 20.3 Å². The molecule has 3 nitrogen and oxygen atoms in total. The molecule has 0 aliphatic rings. The number of aromatic nitrogens is 1. The van der Waals surface area contributed by atoms with Crippen LogP contribution in [0.15, 0.2) is 17.1 Å². The Morgan fingerprint density at radius 3 is 2.81 bits per heavy atom. The number of halogens is 1. The summed E-state index contributed by atoms with van der Waals surface area (Å²) in [6.45, 7) is 7.40. The van der Waals surface area contributed by atoms with Gasteiger partial charge in [0.2, 0.25) is 5.88 Å². The maximum Gasteiger partial charge on any atom is 0.216 e. The van der Waals surface area contributed by atoms with E-state index in [1.807, 2.05) is 19.9 Å². The van der Waals surface area contributed by atoms with Gasteiger partial charge in [-0.3, -0.25) is 4.99 Å². The summed E-state index contributed by atoms with van der Waals surface area (Å²) in [4.78, 5) is 8.28. The summed E-state index contributed by atoms with van der Waals surface area (Å²) < 4.78 is 5.21. The predicted octanol–water partition coefficient (Wildman–Crippen LogP) is 3.58. The van der Waals surface area contributed by atoms with Gasteiger partial charge >= 0.3 is 0 Å². The van der Waals surface area contributed by atoms with Crippen LogP contribution in [0.1, 0.15) is 25.1 Å². The molecule has 1 heterocycles. The lowest BCUT2D eigenvalue weighted by Gasteiger charge is -2.10. The molecule has 0 aliphatic carbocycles. The third kappa shape index (κ3) is 2.42. The third-order valence-corrected chi connectivity index (χ3v) is 2.66. The lowest BCUT2D eigenvalue weighted by atomic mass is 10.1. The van der Waals surface area contributed by atoms with E-state index in [1.165, 1.54) is 0 Å². The highest BCUT2D eigenvalue weighted by Gasteiger charge is 2.12. The van der Waals surface area contributed by atoms with Crippen LogP contribution in [-0.2, 0) is 6.42 Å². The second-order valence-electron chi connectivity index (χ2n) is 3.17. The number of hydrogen-bond donors (Lipinski definition) is 0. The monoisotopic (exact) mass is 238 g/mol. The normalized spacial score (nSPS) is 11.4. The van der Waals surface area contributed by atoms with Crippen molar-refractivity contribution >= 4 is 29.0 Å². The first-order valence-corrected chi connectivity index (χ1v) is 5.42. The van der Waals surface area contributed by atoms with Crippen LogP contribution in [-0.4, -0.2) is 18.8 Å². The van der Waals surface area contributed by atoms with Crippen LogP contribution in [0.25, 0.3) is 5.03 Å². The predicted molar refractivity (Wildman–Crippen MR) is 68.9 cm³/mol. The number of aliphatic imine (C=N–C) groups is 1. The van der Waals surface area contributed by atoms with E-state index in [9.17, 15) is 0 Å². The Morgan fingerprint density at radius 1 is 1.69 bits per heavy atom. The van der Waals surface area contributed by atoms with Crippen molar-refractivity contribution in [3.05, 3.63) is 23.4 Å². The van der Waals surface area contributed by atoms with Crippen LogP contribution >= 0.6 is 11.6 Å². The number of nitrogens with zero attached hydrogens (tertiary/aromatic N) is 2. The highest BCUT2D eigenvalue weighted by Crippen LogP contribution is 2.32. The van der Waals surface area contributed by atoms with Crippen molar-refractivity contribution in [3.8, 4) is 5.88 Å². The van der Waals surface area contributed by atoms with Gasteiger partial charge in [-0.15, -0.1) is 0 Å². The highest BCUT2D eigenvalue weighted by molar-refractivity contribution is 6.48. The van der Waals surface area contributed by atoms with Crippen LogP contribution in [0.2, 0.25) is 0 Å². The molecule has 1 aromatic rings. The second kappa shape index (κ2) is 5.66. The highest BCUT2D eigenvalue weighted by atomic mass is 35.5. The number of allylic oxidation sites excluding steroid dienone is 1. The van der Waals surface area contributed by atoms with Gasteiger partial charge in [-0.2, -0.15) is 0 Å². The number of hydrogen-bond acceptors (Lipinski definition) is 3. The molecule has 16 heavy (non-hydrogen) atoms. The molecule has 0 radical (unpaired) electrons. The SMILES string of the molecule is C=Nc1cc(CC)c(OC)nc1/C(Cl)=C\C. The fourth-order valence-electron chi connectivity index (χ4n) is 1.39. The Labute approximate surface area is 101 Å². The molecule has 0 aliphatic heterocycles. The van der Waals surface area contributed by atoms with Gasteiger partial charge in [-0.05, 0) is 26.1 Å². The molecule has 0 bridgehead atoms. The summed E-state index contributed by atoms with van der Waals surface area (Å²) in [5.74, 6) is 0.588. The molecule has 0 fully saturated rings. The van der Waals surface area contributed by atoms with E-state index >= 15 is 0 Å². The van der Waals surface area contributed by atoms with Gasteiger partial charge in [-0.25, -0.2) is 4.98 Å². The molecule has 0 amide bonds. The summed E-state index contributed by atoms with van der Waals surface area (Å²) in [7, 11) is 1.59. The zero-order valence-corrected chi connectivity index (χ0v) is 10.5. The van der Waals surface area contributed by atoms with Crippen LogP contribution < -0.4 is 4.74 Å². The van der Waals surface area contributed by atoms with E-state index in [4.69, 9.17) is 16.3 Å². The summed E-state index contributed by atoms with van der Waals surface area (Å²) in [6.07, 6.45) is 2.59. The standard InChI is InChI=1S/C12H15ClN2O/c1-5-8-7-10(14-3)11(9(13)6-2)15-12(8)16-4/h6-7H,3,5H2,1-2,4H3/b9-6+. The molecule has 86 valence electrons. The fraction of sp³-hybridized carbons (Fsp3) is 0.333. The number of ether oxygens (including phenoxy) is 1. The lowest BCUT2D eigenvalue weighted by Crippen LogP contribution is -1.97. The molecule has 0 saturated heterocycles. The van der Waals surface area contributed by atoms with Gasteiger partial charge in [0.15, 0.2) is 0 Å². The molecule has 0 spiro atoms. The molecular formula is C12H15ClN2O. The molecule has 0 aromatic carbocycles. The quantitative estimate of drug-likeness (QED) is 0.752. The number of rotatable bonds is 4. The summed E-state index contributed by atoms with van der Waals surface area (Å²) >= 11 is 6.05. The van der Waals surface area contributed by atoms with Gasteiger partial charge < -0.3 is 4.74 Å². The van der Waals surface area contributed by atoms with Crippen molar-refractivity contribution in [2.24, 2.45) is 4.99 Å².